The van der Waals surface area contributed by atoms with Gasteiger partial charge in [-0.25, -0.2) is 4.98 Å². The van der Waals surface area contributed by atoms with E-state index in [2.05, 4.69) is 36.5 Å². The van der Waals surface area contributed by atoms with E-state index in [0.717, 1.165) is 49.1 Å². The largest absolute Gasteiger partial charge is 0.433 e. The number of nitrogens with one attached hydrogen (secondary N) is 2. The standard InChI is InChI=1S/C23H21F3N6O/c24-23(25,26)20-6-4-16(12-28-20)29-22(33)21-18-10-14(3-5-19(18)30-31-21)15-9-17(13-27-11-15)32-7-1-2-8-32/h3-6,9-12,17H,1-2,7-8,13H2,(H,29,33)(H,30,31). The summed E-state index contributed by atoms with van der Waals surface area (Å²) < 4.78 is 38.1. The van der Waals surface area contributed by atoms with Crippen molar-refractivity contribution in [3.05, 3.63) is 59.6 Å². The van der Waals surface area contributed by atoms with E-state index in [-0.39, 0.29) is 17.4 Å². The van der Waals surface area contributed by atoms with Gasteiger partial charge in [-0.05, 0) is 61.3 Å². The van der Waals surface area contributed by atoms with E-state index in [4.69, 9.17) is 0 Å². The second-order valence-electron chi connectivity index (χ2n) is 8.14. The number of dihydropyridines is 1. The van der Waals surface area contributed by atoms with Crippen molar-refractivity contribution in [2.24, 2.45) is 4.99 Å². The summed E-state index contributed by atoms with van der Waals surface area (Å²) in [4.78, 5) is 23.1. The Kier molecular flexibility index (Phi) is 5.45. The predicted octanol–water partition coefficient (Wildman–Crippen LogP) is 4.16. The first-order valence-electron chi connectivity index (χ1n) is 10.7. The summed E-state index contributed by atoms with van der Waals surface area (Å²) in [5.41, 5.74) is 1.86. The van der Waals surface area contributed by atoms with Gasteiger partial charge in [-0.3, -0.25) is 19.8 Å². The maximum Gasteiger partial charge on any atom is 0.433 e. The van der Waals surface area contributed by atoms with Crippen LogP contribution in [0.4, 0.5) is 18.9 Å². The lowest BCUT2D eigenvalue weighted by Crippen LogP contribution is -2.35. The van der Waals surface area contributed by atoms with Crippen molar-refractivity contribution in [2.45, 2.75) is 25.1 Å². The van der Waals surface area contributed by atoms with Gasteiger partial charge in [0.2, 0.25) is 0 Å². The predicted molar refractivity (Wildman–Crippen MR) is 119 cm³/mol. The summed E-state index contributed by atoms with van der Waals surface area (Å²) in [5, 5.41) is 10.1. The Balaban J connectivity index is 1.39. The molecular formula is C23H21F3N6O. The maximum atomic E-state index is 12.8. The van der Waals surface area contributed by atoms with Crippen LogP contribution in [-0.2, 0) is 6.18 Å². The minimum Gasteiger partial charge on any atom is -0.319 e. The molecule has 0 bridgehead atoms. The highest BCUT2D eigenvalue weighted by Crippen LogP contribution is 2.28. The molecule has 33 heavy (non-hydrogen) atoms. The number of allylic oxidation sites excluding steroid dienone is 1. The first-order chi connectivity index (χ1) is 15.9. The van der Waals surface area contributed by atoms with Gasteiger partial charge >= 0.3 is 6.18 Å². The van der Waals surface area contributed by atoms with Crippen LogP contribution < -0.4 is 5.32 Å². The Morgan fingerprint density at radius 2 is 1.97 bits per heavy atom. The molecule has 7 nitrogen and oxygen atoms in total. The van der Waals surface area contributed by atoms with Crippen LogP contribution in [0, 0.1) is 0 Å². The number of fused-ring (bicyclic) bond motifs is 1. The molecule has 10 heteroatoms. The molecule has 2 aliphatic heterocycles. The van der Waals surface area contributed by atoms with Crippen LogP contribution >= 0.6 is 0 Å². The lowest BCUT2D eigenvalue weighted by Gasteiger charge is -2.26. The first kappa shape index (κ1) is 21.3. The van der Waals surface area contributed by atoms with Gasteiger partial charge < -0.3 is 5.32 Å². The van der Waals surface area contributed by atoms with Gasteiger partial charge in [0.25, 0.3) is 5.91 Å². The molecule has 0 aliphatic carbocycles. The number of rotatable bonds is 4. The lowest BCUT2D eigenvalue weighted by molar-refractivity contribution is -0.141. The zero-order chi connectivity index (χ0) is 23.0. The number of H-pyrrole nitrogens is 1. The van der Waals surface area contributed by atoms with E-state index in [1.54, 1.807) is 0 Å². The van der Waals surface area contributed by atoms with Crippen LogP contribution in [0.25, 0.3) is 16.5 Å². The third-order valence-corrected chi connectivity index (χ3v) is 5.93. The average Bonchev–Trinajstić information content (AvgIpc) is 3.49. The lowest BCUT2D eigenvalue weighted by atomic mass is 9.99. The zero-order valence-electron chi connectivity index (χ0n) is 17.6. The number of nitrogens with zero attached hydrogens (tertiary/aromatic N) is 4. The minimum absolute atomic E-state index is 0.149. The van der Waals surface area contributed by atoms with Crippen LogP contribution in [-0.4, -0.2) is 57.9 Å². The molecule has 2 aromatic heterocycles. The number of aliphatic imine (C=N–C) groups is 1. The summed E-state index contributed by atoms with van der Waals surface area (Å²) >= 11 is 0. The SMILES string of the molecule is O=C(Nc1ccc(C(F)(F)F)nc1)c1n[nH]c2ccc(C3=CC(N4CCCC4)CN=C3)cc12. The Morgan fingerprint density at radius 1 is 1.15 bits per heavy atom. The number of pyridine rings is 1. The van der Waals surface area contributed by atoms with Crippen LogP contribution in [0.5, 0.6) is 0 Å². The fourth-order valence-corrected chi connectivity index (χ4v) is 4.22. The number of carbonyl (C=O) groups is 1. The molecule has 2 N–H and O–H groups in total. The normalized spacial score (nSPS) is 19.1. The number of amides is 1. The Bertz CT molecular complexity index is 1240. The summed E-state index contributed by atoms with van der Waals surface area (Å²) in [6, 6.07) is 7.93. The number of hydrogen-bond acceptors (Lipinski definition) is 5. The number of aromatic nitrogens is 3. The van der Waals surface area contributed by atoms with E-state index in [0.29, 0.717) is 10.9 Å². The van der Waals surface area contributed by atoms with Gasteiger partial charge in [0.05, 0.1) is 23.9 Å². The van der Waals surface area contributed by atoms with Crippen molar-refractivity contribution in [3.63, 3.8) is 0 Å². The van der Waals surface area contributed by atoms with Crippen molar-refractivity contribution >= 4 is 34.3 Å². The van der Waals surface area contributed by atoms with Crippen LogP contribution in [0.1, 0.15) is 34.6 Å². The molecule has 1 unspecified atom stereocenters. The van der Waals surface area contributed by atoms with Gasteiger partial charge in [-0.1, -0.05) is 12.1 Å². The molecule has 3 aromatic rings. The fourth-order valence-electron chi connectivity index (χ4n) is 4.22. The Morgan fingerprint density at radius 3 is 2.70 bits per heavy atom. The topological polar surface area (TPSA) is 86.3 Å². The summed E-state index contributed by atoms with van der Waals surface area (Å²) in [6.07, 6.45) is 2.91. The molecule has 0 saturated carbocycles. The highest BCUT2D eigenvalue weighted by atomic mass is 19.4. The molecule has 1 saturated heterocycles. The molecule has 170 valence electrons. The number of hydrogen-bond donors (Lipinski definition) is 2. The number of aromatic amines is 1. The summed E-state index contributed by atoms with van der Waals surface area (Å²) in [7, 11) is 0. The van der Waals surface area contributed by atoms with Crippen molar-refractivity contribution in [2.75, 3.05) is 25.0 Å². The van der Waals surface area contributed by atoms with E-state index in [9.17, 15) is 18.0 Å². The Hall–Kier alpha value is -3.53. The fraction of sp³-hybridized carbons (Fsp3) is 0.304. The van der Waals surface area contributed by atoms with Crippen molar-refractivity contribution in [3.8, 4) is 0 Å². The molecular weight excluding hydrogens is 433 g/mol. The molecule has 1 fully saturated rings. The summed E-state index contributed by atoms with van der Waals surface area (Å²) in [6.45, 7) is 2.90. The average molecular weight is 454 g/mol. The molecule has 2 aliphatic rings. The number of benzene rings is 1. The molecule has 1 atom stereocenters. The third kappa shape index (κ3) is 4.38. The van der Waals surface area contributed by atoms with Gasteiger partial charge in [0, 0.05) is 17.6 Å². The van der Waals surface area contributed by atoms with Crippen molar-refractivity contribution in [1.82, 2.24) is 20.1 Å². The molecule has 4 heterocycles. The van der Waals surface area contributed by atoms with Gasteiger partial charge in [-0.15, -0.1) is 0 Å². The Labute approximate surface area is 187 Å². The number of halogens is 3. The van der Waals surface area contributed by atoms with Crippen molar-refractivity contribution in [1.29, 1.82) is 0 Å². The third-order valence-electron chi connectivity index (χ3n) is 5.93. The maximum absolute atomic E-state index is 12.8. The molecule has 1 amide bonds. The van der Waals surface area contributed by atoms with Crippen LogP contribution in [0.2, 0.25) is 0 Å². The first-order valence-corrected chi connectivity index (χ1v) is 10.7. The van der Waals surface area contributed by atoms with Crippen LogP contribution in [0.3, 0.4) is 0 Å². The second kappa shape index (κ2) is 8.43. The van der Waals surface area contributed by atoms with E-state index in [1.165, 1.54) is 12.8 Å². The van der Waals surface area contributed by atoms with E-state index in [1.807, 2.05) is 24.4 Å². The van der Waals surface area contributed by atoms with Crippen LogP contribution in [0.15, 0.2) is 47.6 Å². The number of carbonyl (C=O) groups excluding carboxylic acids is 1. The summed E-state index contributed by atoms with van der Waals surface area (Å²) in [5.74, 6) is -0.541. The van der Waals surface area contributed by atoms with Gasteiger partial charge in [0.15, 0.2) is 5.69 Å². The molecule has 1 aromatic carbocycles. The van der Waals surface area contributed by atoms with E-state index >= 15 is 0 Å². The number of alkyl halides is 3. The number of anilines is 1. The molecule has 5 rings (SSSR count). The van der Waals surface area contributed by atoms with E-state index < -0.39 is 17.8 Å². The van der Waals surface area contributed by atoms with Gasteiger partial charge in [-0.2, -0.15) is 18.3 Å². The highest BCUT2D eigenvalue weighted by Gasteiger charge is 2.32. The van der Waals surface area contributed by atoms with Crippen molar-refractivity contribution < 1.29 is 18.0 Å². The minimum atomic E-state index is -4.54. The second-order valence-corrected chi connectivity index (χ2v) is 8.14. The number of likely N-dealkylation sites (tertiary alicyclic amines) is 1. The zero-order valence-corrected chi connectivity index (χ0v) is 17.6. The smallest absolute Gasteiger partial charge is 0.319 e. The van der Waals surface area contributed by atoms with Gasteiger partial charge in [0.1, 0.15) is 5.69 Å². The monoisotopic (exact) mass is 454 g/mol. The molecule has 0 spiro atoms. The molecule has 0 radical (unpaired) electrons. The highest BCUT2D eigenvalue weighted by molar-refractivity contribution is 6.14. The quantitative estimate of drug-likeness (QED) is 0.620.